The smallest absolute Gasteiger partial charge is 0.396 e. The average molecular weight is 134 g/mol. The Balaban J connectivity index is 2.55. The summed E-state index contributed by atoms with van der Waals surface area (Å²) >= 11 is 0. The van der Waals surface area contributed by atoms with Crippen molar-refractivity contribution in [3.63, 3.8) is 0 Å². The highest BCUT2D eigenvalue weighted by atomic mass is 19.2. The van der Waals surface area contributed by atoms with Crippen LogP contribution in [0.4, 0.5) is 4.39 Å². The fraction of sp³-hybridized carbons (Fsp3) is 0.250. The lowest BCUT2D eigenvalue weighted by atomic mass is 10.6. The molecule has 5 heteroatoms. The van der Waals surface area contributed by atoms with E-state index in [1.165, 1.54) is 0 Å². The third-order valence-corrected chi connectivity index (χ3v) is 0.712. The fourth-order valence-electron chi connectivity index (χ4n) is 0.371. The molecule has 1 atom stereocenters. The van der Waals surface area contributed by atoms with Crippen LogP contribution in [0, 0.1) is 0 Å². The SMILES string of the molecule is O=C(O)C1=COC(F)O1. The lowest BCUT2D eigenvalue weighted by Crippen LogP contribution is -2.04. The lowest BCUT2D eigenvalue weighted by Gasteiger charge is -1.96. The van der Waals surface area contributed by atoms with Crippen molar-refractivity contribution in [2.75, 3.05) is 0 Å². The van der Waals surface area contributed by atoms with E-state index in [1.807, 2.05) is 0 Å². The van der Waals surface area contributed by atoms with Gasteiger partial charge in [0.2, 0.25) is 5.76 Å². The molecule has 0 fully saturated rings. The van der Waals surface area contributed by atoms with E-state index in [2.05, 4.69) is 9.47 Å². The van der Waals surface area contributed by atoms with Crippen LogP contribution in [0.1, 0.15) is 0 Å². The standard InChI is InChI=1S/C4H3FO4/c5-4-8-1-2(9-4)3(6)7/h1,4H,(H,6,7). The molecule has 0 bridgehead atoms. The first-order valence-corrected chi connectivity index (χ1v) is 2.10. The lowest BCUT2D eigenvalue weighted by molar-refractivity contribution is -0.152. The van der Waals surface area contributed by atoms with Crippen molar-refractivity contribution in [3.05, 3.63) is 12.0 Å². The number of hydrogen-bond donors (Lipinski definition) is 1. The first-order chi connectivity index (χ1) is 4.20. The van der Waals surface area contributed by atoms with E-state index in [0.29, 0.717) is 6.26 Å². The van der Waals surface area contributed by atoms with Crippen molar-refractivity contribution in [1.82, 2.24) is 0 Å². The molecule has 0 saturated carbocycles. The van der Waals surface area contributed by atoms with Gasteiger partial charge < -0.3 is 14.6 Å². The van der Waals surface area contributed by atoms with Gasteiger partial charge in [-0.2, -0.15) is 4.39 Å². The summed E-state index contributed by atoms with van der Waals surface area (Å²) in [7, 11) is 0. The Bertz CT molecular complexity index is 164. The molecule has 0 aromatic carbocycles. The van der Waals surface area contributed by atoms with Gasteiger partial charge in [0, 0.05) is 0 Å². The van der Waals surface area contributed by atoms with Gasteiger partial charge in [0.25, 0.3) is 0 Å². The number of alkyl halides is 1. The number of hydrogen-bond acceptors (Lipinski definition) is 3. The van der Waals surface area contributed by atoms with E-state index in [-0.39, 0.29) is 0 Å². The molecule has 0 aliphatic carbocycles. The van der Waals surface area contributed by atoms with Gasteiger partial charge in [-0.25, -0.2) is 4.79 Å². The fourth-order valence-corrected chi connectivity index (χ4v) is 0.371. The van der Waals surface area contributed by atoms with Crippen molar-refractivity contribution in [2.24, 2.45) is 0 Å². The summed E-state index contributed by atoms with van der Waals surface area (Å²) in [5.41, 5.74) is 0. The normalized spacial score (nSPS) is 24.1. The molecular formula is C4H3FO4. The molecule has 9 heavy (non-hydrogen) atoms. The van der Waals surface area contributed by atoms with Gasteiger partial charge in [0.05, 0.1) is 0 Å². The maximum atomic E-state index is 11.8. The zero-order valence-corrected chi connectivity index (χ0v) is 4.20. The summed E-state index contributed by atoms with van der Waals surface area (Å²) in [5, 5.41) is 8.09. The molecular weight excluding hydrogens is 131 g/mol. The Morgan fingerprint density at radius 3 is 2.78 bits per heavy atom. The summed E-state index contributed by atoms with van der Waals surface area (Å²) in [5.74, 6) is -1.85. The minimum absolute atomic E-state index is 0.512. The zero-order valence-electron chi connectivity index (χ0n) is 4.20. The van der Waals surface area contributed by atoms with E-state index >= 15 is 0 Å². The van der Waals surface area contributed by atoms with E-state index in [0.717, 1.165) is 0 Å². The summed E-state index contributed by atoms with van der Waals surface area (Å²) in [4.78, 5) is 9.91. The number of halogens is 1. The second-order valence-corrected chi connectivity index (χ2v) is 1.32. The molecule has 1 heterocycles. The third kappa shape index (κ3) is 1.10. The van der Waals surface area contributed by atoms with Crippen LogP contribution in [0.15, 0.2) is 12.0 Å². The second kappa shape index (κ2) is 1.93. The van der Waals surface area contributed by atoms with E-state index in [1.54, 1.807) is 0 Å². The predicted octanol–water partition coefficient (Wildman–Crippen LogP) is 0.212. The first kappa shape index (κ1) is 5.87. The molecule has 0 radical (unpaired) electrons. The predicted molar refractivity (Wildman–Crippen MR) is 22.8 cm³/mol. The van der Waals surface area contributed by atoms with Crippen molar-refractivity contribution in [2.45, 2.75) is 6.54 Å². The molecule has 1 aliphatic heterocycles. The van der Waals surface area contributed by atoms with Gasteiger partial charge >= 0.3 is 12.5 Å². The zero-order chi connectivity index (χ0) is 6.85. The van der Waals surface area contributed by atoms with E-state index in [9.17, 15) is 9.18 Å². The molecule has 50 valence electrons. The van der Waals surface area contributed by atoms with E-state index < -0.39 is 18.3 Å². The van der Waals surface area contributed by atoms with Crippen molar-refractivity contribution in [1.29, 1.82) is 0 Å². The average Bonchev–Trinajstić information content (AvgIpc) is 2.14. The van der Waals surface area contributed by atoms with E-state index in [4.69, 9.17) is 5.11 Å². The second-order valence-electron chi connectivity index (χ2n) is 1.32. The minimum Gasteiger partial charge on any atom is -0.475 e. The highest BCUT2D eigenvalue weighted by Gasteiger charge is 2.22. The number of carboxylic acids is 1. The summed E-state index contributed by atoms with van der Waals surface area (Å²) in [6, 6.07) is 0. The summed E-state index contributed by atoms with van der Waals surface area (Å²) < 4.78 is 19.8. The van der Waals surface area contributed by atoms with Crippen LogP contribution >= 0.6 is 0 Å². The summed E-state index contributed by atoms with van der Waals surface area (Å²) in [6.45, 7) is -1.96. The molecule has 4 nitrogen and oxygen atoms in total. The maximum Gasteiger partial charge on any atom is 0.396 e. The number of aliphatic carboxylic acids is 1. The molecule has 0 amide bonds. The van der Waals surface area contributed by atoms with Gasteiger partial charge in [-0.1, -0.05) is 0 Å². The number of carbonyl (C=O) groups is 1. The molecule has 0 aromatic heterocycles. The van der Waals surface area contributed by atoms with Crippen LogP contribution in [-0.4, -0.2) is 17.6 Å². The number of carboxylic acid groups (broad SMARTS) is 1. The molecule has 1 rings (SSSR count). The quantitative estimate of drug-likeness (QED) is 0.557. The molecule has 1 N–H and O–H groups in total. The van der Waals surface area contributed by atoms with Crippen LogP contribution in [0.5, 0.6) is 0 Å². The Morgan fingerprint density at radius 2 is 2.56 bits per heavy atom. The molecule has 1 unspecified atom stereocenters. The van der Waals surface area contributed by atoms with Gasteiger partial charge in [-0.3, -0.25) is 0 Å². The van der Waals surface area contributed by atoms with Gasteiger partial charge in [0.1, 0.15) is 6.26 Å². The van der Waals surface area contributed by atoms with Crippen molar-refractivity contribution in [3.8, 4) is 0 Å². The monoisotopic (exact) mass is 134 g/mol. The van der Waals surface area contributed by atoms with Crippen LogP contribution in [0.3, 0.4) is 0 Å². The largest absolute Gasteiger partial charge is 0.475 e. The van der Waals surface area contributed by atoms with Crippen molar-refractivity contribution >= 4 is 5.97 Å². The third-order valence-electron chi connectivity index (χ3n) is 0.712. The van der Waals surface area contributed by atoms with Crippen LogP contribution in [-0.2, 0) is 14.3 Å². The highest BCUT2D eigenvalue weighted by Crippen LogP contribution is 2.13. The van der Waals surface area contributed by atoms with Crippen LogP contribution in [0.2, 0.25) is 0 Å². The Kier molecular flexibility index (Phi) is 1.26. The molecule has 0 spiro atoms. The Labute approximate surface area is 49.5 Å². The number of rotatable bonds is 1. The maximum absolute atomic E-state index is 11.8. The Hall–Kier alpha value is -1.26. The summed E-state index contributed by atoms with van der Waals surface area (Å²) in [6.07, 6.45) is 0.715. The van der Waals surface area contributed by atoms with Crippen molar-refractivity contribution < 1.29 is 23.8 Å². The van der Waals surface area contributed by atoms with Gasteiger partial charge in [-0.15, -0.1) is 0 Å². The van der Waals surface area contributed by atoms with Crippen LogP contribution in [0.25, 0.3) is 0 Å². The molecule has 0 saturated heterocycles. The number of ether oxygens (including phenoxy) is 2. The molecule has 1 aliphatic rings. The van der Waals surface area contributed by atoms with Gasteiger partial charge in [0.15, 0.2) is 0 Å². The minimum atomic E-state index is -1.96. The highest BCUT2D eigenvalue weighted by molar-refractivity contribution is 5.84. The Morgan fingerprint density at radius 1 is 1.89 bits per heavy atom. The van der Waals surface area contributed by atoms with Gasteiger partial charge in [-0.05, 0) is 0 Å². The first-order valence-electron chi connectivity index (χ1n) is 2.10. The topological polar surface area (TPSA) is 55.8 Å². The van der Waals surface area contributed by atoms with Crippen LogP contribution < -0.4 is 0 Å². The molecule has 0 aromatic rings.